The topological polar surface area (TPSA) is 63.2 Å². The van der Waals surface area contributed by atoms with E-state index in [4.69, 9.17) is 0 Å². The Morgan fingerprint density at radius 2 is 1.67 bits per heavy atom. The van der Waals surface area contributed by atoms with Gasteiger partial charge in [0.25, 0.3) is 0 Å². The second-order valence-electron chi connectivity index (χ2n) is 1.19. The van der Waals surface area contributed by atoms with Crippen molar-refractivity contribution in [2.45, 2.75) is 6.42 Å². The summed E-state index contributed by atoms with van der Waals surface area (Å²) in [6.07, 6.45) is -0.155. The largest absolute Gasteiger partial charge is 1.00 e. The Hall–Kier alpha value is 2.15. The third kappa shape index (κ3) is 17.8. The summed E-state index contributed by atoms with van der Waals surface area (Å²) >= 11 is 0. The summed E-state index contributed by atoms with van der Waals surface area (Å²) in [5.74, 6) is 0. The summed E-state index contributed by atoms with van der Waals surface area (Å²) < 4.78 is 9.66. The standard InChI is InChI=1S/C3H8O3P.2Na/c1-2-3-7(4,5)6;;/h1-3H2,(H2,4,5,6);;/q;2*+1/p-2. The first kappa shape index (κ1) is 17.3. The van der Waals surface area contributed by atoms with Gasteiger partial charge in [-0.15, -0.1) is 0 Å². The summed E-state index contributed by atoms with van der Waals surface area (Å²) in [6, 6.07) is 0. The molecule has 0 aromatic heterocycles. The van der Waals surface area contributed by atoms with E-state index in [1.807, 2.05) is 0 Å². The molecule has 0 bridgehead atoms. The molecular formula is C3H6Na2O3P. The van der Waals surface area contributed by atoms with E-state index in [0.29, 0.717) is 0 Å². The van der Waals surface area contributed by atoms with Crippen LogP contribution in [0.15, 0.2) is 0 Å². The second-order valence-corrected chi connectivity index (χ2v) is 2.86. The molecule has 1 radical (unpaired) electrons. The van der Waals surface area contributed by atoms with Crippen molar-refractivity contribution in [2.75, 3.05) is 6.16 Å². The van der Waals surface area contributed by atoms with E-state index in [9.17, 15) is 14.4 Å². The van der Waals surface area contributed by atoms with E-state index in [2.05, 4.69) is 6.92 Å². The van der Waals surface area contributed by atoms with E-state index >= 15 is 0 Å². The molecule has 0 fully saturated rings. The Labute approximate surface area is 99.3 Å². The Balaban J connectivity index is -0.000000180. The first-order valence-corrected chi connectivity index (χ1v) is 3.59. The van der Waals surface area contributed by atoms with Crippen LogP contribution >= 0.6 is 7.60 Å². The van der Waals surface area contributed by atoms with Crippen LogP contribution in [0.5, 0.6) is 0 Å². The molecule has 0 N–H and O–H groups in total. The Bertz CT molecular complexity index is 91.1. The average Bonchev–Trinajstić information content (AvgIpc) is 1.30. The minimum absolute atomic E-state index is 0. The van der Waals surface area contributed by atoms with E-state index in [0.717, 1.165) is 0 Å². The van der Waals surface area contributed by atoms with Gasteiger partial charge >= 0.3 is 59.1 Å². The van der Waals surface area contributed by atoms with E-state index < -0.39 is 7.60 Å². The predicted molar refractivity (Wildman–Crippen MR) is 22.4 cm³/mol. The van der Waals surface area contributed by atoms with Crippen molar-refractivity contribution >= 4 is 7.60 Å². The van der Waals surface area contributed by atoms with Gasteiger partial charge in [-0.1, -0.05) is 14.5 Å². The van der Waals surface area contributed by atoms with Gasteiger partial charge < -0.3 is 14.4 Å². The maximum atomic E-state index is 9.66. The Morgan fingerprint density at radius 1 is 1.33 bits per heavy atom. The van der Waals surface area contributed by atoms with Crippen LogP contribution in [0.2, 0.25) is 0 Å². The number of rotatable bonds is 2. The molecule has 0 saturated heterocycles. The summed E-state index contributed by atoms with van der Waals surface area (Å²) in [6.45, 7) is 3.20. The van der Waals surface area contributed by atoms with Gasteiger partial charge in [0.2, 0.25) is 0 Å². The van der Waals surface area contributed by atoms with Gasteiger partial charge in [-0.05, 0) is 12.6 Å². The van der Waals surface area contributed by atoms with Gasteiger partial charge in [-0.25, -0.2) is 0 Å². The zero-order chi connectivity index (χ0) is 5.91. The van der Waals surface area contributed by atoms with Gasteiger partial charge in [0.05, 0.1) is 0 Å². The van der Waals surface area contributed by atoms with Gasteiger partial charge in [-0.3, -0.25) is 0 Å². The van der Waals surface area contributed by atoms with Crippen molar-refractivity contribution in [3.8, 4) is 0 Å². The molecule has 0 aromatic rings. The molecule has 0 aliphatic carbocycles. The monoisotopic (exact) mass is 167 g/mol. The fraction of sp³-hybridized carbons (Fsp3) is 0.667. The van der Waals surface area contributed by atoms with Crippen LogP contribution in [0.25, 0.3) is 0 Å². The van der Waals surface area contributed by atoms with Crippen LogP contribution < -0.4 is 68.9 Å². The minimum atomic E-state index is -4.23. The summed E-state index contributed by atoms with van der Waals surface area (Å²) in [5, 5.41) is 0. The van der Waals surface area contributed by atoms with Gasteiger partial charge in [-0.2, -0.15) is 0 Å². The molecule has 0 rings (SSSR count). The molecule has 0 spiro atoms. The Kier molecular flexibility index (Phi) is 15.8. The molecule has 0 amide bonds. The zero-order valence-electron chi connectivity index (χ0n) is 5.79. The van der Waals surface area contributed by atoms with Gasteiger partial charge in [0.1, 0.15) is 0 Å². The summed E-state index contributed by atoms with van der Waals surface area (Å²) in [4.78, 5) is 19.3. The smallest absolute Gasteiger partial charge is 0.811 e. The van der Waals surface area contributed by atoms with E-state index in [-0.39, 0.29) is 71.7 Å². The minimum Gasteiger partial charge on any atom is -0.811 e. The third-order valence-electron chi connectivity index (χ3n) is 0.432. The fourth-order valence-electron chi connectivity index (χ4n) is 0.194. The maximum Gasteiger partial charge on any atom is 1.00 e. The molecule has 6 heteroatoms. The van der Waals surface area contributed by atoms with Crippen LogP contribution in [0.3, 0.4) is 0 Å². The maximum absolute atomic E-state index is 9.66. The average molecular weight is 167 g/mol. The fourth-order valence-corrected chi connectivity index (χ4v) is 0.581. The first-order valence-electron chi connectivity index (χ1n) is 1.86. The normalized spacial score (nSPS) is 9.22. The van der Waals surface area contributed by atoms with Crippen molar-refractivity contribution in [1.82, 2.24) is 0 Å². The van der Waals surface area contributed by atoms with Gasteiger partial charge in [0, 0.05) is 0 Å². The van der Waals surface area contributed by atoms with Crippen LogP contribution in [-0.4, -0.2) is 6.16 Å². The number of hydrogen-bond donors (Lipinski definition) is 0. The van der Waals surface area contributed by atoms with Crippen molar-refractivity contribution < 1.29 is 73.5 Å². The molecule has 43 valence electrons. The van der Waals surface area contributed by atoms with Crippen LogP contribution in [0, 0.1) is 6.92 Å². The molecule has 0 saturated carbocycles. The molecule has 3 nitrogen and oxygen atoms in total. The van der Waals surface area contributed by atoms with E-state index in [1.165, 1.54) is 0 Å². The summed E-state index contributed by atoms with van der Waals surface area (Å²) in [5.41, 5.74) is 0. The molecule has 0 aliphatic heterocycles. The Morgan fingerprint density at radius 3 is 1.67 bits per heavy atom. The van der Waals surface area contributed by atoms with Crippen LogP contribution in [0.4, 0.5) is 0 Å². The van der Waals surface area contributed by atoms with E-state index in [1.54, 1.807) is 0 Å². The first-order chi connectivity index (χ1) is 3.06. The second kappa shape index (κ2) is 8.25. The van der Waals surface area contributed by atoms with Crippen LogP contribution in [-0.2, 0) is 4.57 Å². The molecule has 0 heterocycles. The molecule has 9 heavy (non-hydrogen) atoms. The van der Waals surface area contributed by atoms with Crippen molar-refractivity contribution in [3.05, 3.63) is 6.92 Å². The van der Waals surface area contributed by atoms with Crippen molar-refractivity contribution in [1.29, 1.82) is 0 Å². The molecule has 0 atom stereocenters. The van der Waals surface area contributed by atoms with Gasteiger partial charge in [0.15, 0.2) is 0 Å². The molecule has 0 aromatic carbocycles. The third-order valence-corrected chi connectivity index (χ3v) is 1.30. The predicted octanol–water partition coefficient (Wildman–Crippen LogP) is -6.87. The molecular weight excluding hydrogens is 161 g/mol. The summed E-state index contributed by atoms with van der Waals surface area (Å²) in [7, 11) is -4.23. The molecule has 0 unspecified atom stereocenters. The zero-order valence-corrected chi connectivity index (χ0v) is 10.7. The number of hydrogen-bond acceptors (Lipinski definition) is 3. The molecule has 0 aliphatic rings. The van der Waals surface area contributed by atoms with Crippen molar-refractivity contribution in [2.24, 2.45) is 0 Å². The van der Waals surface area contributed by atoms with Crippen molar-refractivity contribution in [3.63, 3.8) is 0 Å². The van der Waals surface area contributed by atoms with Crippen LogP contribution in [0.1, 0.15) is 6.42 Å². The quantitative estimate of drug-likeness (QED) is 0.303. The SMILES string of the molecule is [CH2]CCP(=O)([O-])[O-].[Na+].[Na+].